The summed E-state index contributed by atoms with van der Waals surface area (Å²) in [5.74, 6) is -0.842. The Morgan fingerprint density at radius 2 is 1.61 bits per heavy atom. The van der Waals surface area contributed by atoms with Crippen molar-refractivity contribution in [1.29, 1.82) is 0 Å². The first-order valence-electron chi connectivity index (χ1n) is 12.7. The molecule has 1 saturated carbocycles. The second kappa shape index (κ2) is 8.80. The van der Waals surface area contributed by atoms with Crippen LogP contribution < -0.4 is 9.47 Å². The Labute approximate surface area is 210 Å². The van der Waals surface area contributed by atoms with E-state index in [-0.39, 0.29) is 29.7 Å². The molecule has 6 rings (SSSR count). The first-order chi connectivity index (χ1) is 17.5. The number of ether oxygens (including phenoxy) is 2. The molecule has 7 nitrogen and oxygen atoms in total. The second-order valence-corrected chi connectivity index (χ2v) is 10.1. The molecule has 3 heterocycles. The Balaban J connectivity index is 1.45. The van der Waals surface area contributed by atoms with E-state index < -0.39 is 17.9 Å². The Kier molecular flexibility index (Phi) is 5.58. The van der Waals surface area contributed by atoms with Crippen LogP contribution in [0, 0.1) is 11.8 Å². The van der Waals surface area contributed by atoms with E-state index in [2.05, 4.69) is 0 Å². The molecule has 0 aromatic heterocycles. The van der Waals surface area contributed by atoms with Crippen molar-refractivity contribution in [3.05, 3.63) is 65.4 Å². The molecule has 36 heavy (non-hydrogen) atoms. The second-order valence-electron chi connectivity index (χ2n) is 10.1. The molecule has 2 saturated heterocycles. The highest BCUT2D eigenvalue weighted by Crippen LogP contribution is 2.54. The number of methoxy groups -OCH3 is 2. The predicted octanol–water partition coefficient (Wildman–Crippen LogP) is 4.23. The lowest BCUT2D eigenvalue weighted by atomic mass is 9.83. The van der Waals surface area contributed by atoms with Crippen LogP contribution >= 0.6 is 0 Å². The zero-order valence-corrected chi connectivity index (χ0v) is 20.6. The third-order valence-electron chi connectivity index (χ3n) is 8.37. The largest absolute Gasteiger partial charge is 0.493 e. The van der Waals surface area contributed by atoms with E-state index in [1.807, 2.05) is 41.4 Å². The lowest BCUT2D eigenvalue weighted by molar-refractivity contribution is -0.144. The van der Waals surface area contributed by atoms with E-state index in [9.17, 15) is 14.4 Å². The zero-order valence-electron chi connectivity index (χ0n) is 20.6. The number of nitrogens with zero attached hydrogens (tertiary/aromatic N) is 2. The zero-order chi connectivity index (χ0) is 25.0. The smallest absolute Gasteiger partial charge is 0.236 e. The summed E-state index contributed by atoms with van der Waals surface area (Å²) in [4.78, 5) is 45.5. The molecule has 0 spiro atoms. The van der Waals surface area contributed by atoms with Gasteiger partial charge in [0.1, 0.15) is 6.04 Å². The minimum absolute atomic E-state index is 0.0657. The summed E-state index contributed by atoms with van der Waals surface area (Å²) in [5, 5.41) is 0. The first kappa shape index (κ1) is 22.8. The number of likely N-dealkylation sites (tertiary alicyclic amines) is 1. The van der Waals surface area contributed by atoms with E-state index in [4.69, 9.17) is 9.47 Å². The third kappa shape index (κ3) is 3.29. The molecule has 2 amide bonds. The van der Waals surface area contributed by atoms with Gasteiger partial charge in [-0.05, 0) is 48.2 Å². The minimum Gasteiger partial charge on any atom is -0.493 e. The quantitative estimate of drug-likeness (QED) is 0.465. The molecule has 0 unspecified atom stereocenters. The Morgan fingerprint density at radius 1 is 0.889 bits per heavy atom. The average molecular weight is 487 g/mol. The summed E-state index contributed by atoms with van der Waals surface area (Å²) < 4.78 is 10.8. The summed E-state index contributed by atoms with van der Waals surface area (Å²) in [6, 6.07) is 11.8. The Hall–Kier alpha value is -3.61. The molecule has 2 aromatic carbocycles. The number of Topliss-reactive ketones (excluding diaryl/α,β-unsaturated/α-hetero) is 1. The molecule has 0 N–H and O–H groups in total. The molecular formula is C29H30N2O5. The van der Waals surface area contributed by atoms with Crippen LogP contribution in [0.25, 0.3) is 6.08 Å². The van der Waals surface area contributed by atoms with Crippen LogP contribution in [0.1, 0.15) is 59.6 Å². The molecule has 4 aliphatic rings. The number of amides is 2. The highest BCUT2D eigenvalue weighted by atomic mass is 16.5. The summed E-state index contributed by atoms with van der Waals surface area (Å²) >= 11 is 0. The molecule has 3 aliphatic heterocycles. The highest BCUT2D eigenvalue weighted by molar-refractivity contribution is 6.12. The molecule has 4 atom stereocenters. The van der Waals surface area contributed by atoms with Gasteiger partial charge < -0.3 is 14.4 Å². The van der Waals surface area contributed by atoms with Gasteiger partial charge in [-0.3, -0.25) is 19.3 Å². The summed E-state index contributed by atoms with van der Waals surface area (Å²) in [6.07, 6.45) is 8.72. The molecular weight excluding hydrogens is 456 g/mol. The fourth-order valence-electron chi connectivity index (χ4n) is 6.74. The SMILES string of the molecule is COc1ccc(C(=O)[C@@H]2[C@@H]3C(=O)N(C4CCCCC4)C(=O)[C@H]3[C@H]3c4ccccc4C=CN23)cc1OC. The van der Waals surface area contributed by atoms with Crippen LogP contribution in [0.3, 0.4) is 0 Å². The number of imide groups is 1. The molecule has 2 aromatic rings. The minimum atomic E-state index is -0.771. The number of carbonyl (C=O) groups is 3. The molecule has 186 valence electrons. The third-order valence-corrected chi connectivity index (χ3v) is 8.37. The Bertz CT molecular complexity index is 1260. The van der Waals surface area contributed by atoms with E-state index in [1.54, 1.807) is 25.3 Å². The van der Waals surface area contributed by atoms with Crippen molar-refractivity contribution in [2.75, 3.05) is 14.2 Å². The lowest BCUT2D eigenvalue weighted by Gasteiger charge is -2.37. The monoisotopic (exact) mass is 486 g/mol. The fraction of sp³-hybridized carbons (Fsp3) is 0.414. The van der Waals surface area contributed by atoms with Gasteiger partial charge in [0, 0.05) is 17.8 Å². The Morgan fingerprint density at radius 3 is 2.36 bits per heavy atom. The lowest BCUT2D eigenvalue weighted by Crippen LogP contribution is -2.47. The molecule has 1 aliphatic carbocycles. The van der Waals surface area contributed by atoms with Gasteiger partial charge >= 0.3 is 0 Å². The highest BCUT2D eigenvalue weighted by Gasteiger charge is 2.65. The van der Waals surface area contributed by atoms with Gasteiger partial charge in [0.15, 0.2) is 17.3 Å². The summed E-state index contributed by atoms with van der Waals surface area (Å²) in [6.45, 7) is 0. The number of rotatable bonds is 5. The number of hydrogen-bond donors (Lipinski definition) is 0. The van der Waals surface area contributed by atoms with Crippen molar-refractivity contribution >= 4 is 23.7 Å². The number of carbonyl (C=O) groups excluding carboxylic acids is 3. The van der Waals surface area contributed by atoms with Crippen LogP contribution in [0.5, 0.6) is 11.5 Å². The number of benzene rings is 2. The van der Waals surface area contributed by atoms with Crippen molar-refractivity contribution in [2.24, 2.45) is 11.8 Å². The van der Waals surface area contributed by atoms with Gasteiger partial charge in [0.25, 0.3) is 0 Å². The maximum absolute atomic E-state index is 14.1. The fourth-order valence-corrected chi connectivity index (χ4v) is 6.74. The molecule has 0 bridgehead atoms. The van der Waals surface area contributed by atoms with Gasteiger partial charge in [-0.25, -0.2) is 0 Å². The first-order valence-corrected chi connectivity index (χ1v) is 12.7. The van der Waals surface area contributed by atoms with Crippen LogP contribution in [0.2, 0.25) is 0 Å². The van der Waals surface area contributed by atoms with Crippen molar-refractivity contribution in [3.63, 3.8) is 0 Å². The van der Waals surface area contributed by atoms with Crippen molar-refractivity contribution < 1.29 is 23.9 Å². The van der Waals surface area contributed by atoms with Gasteiger partial charge in [0.05, 0.1) is 32.1 Å². The normalized spacial score (nSPS) is 27.1. The van der Waals surface area contributed by atoms with Gasteiger partial charge in [0.2, 0.25) is 11.8 Å². The predicted molar refractivity (Wildman–Crippen MR) is 133 cm³/mol. The van der Waals surface area contributed by atoms with E-state index in [0.717, 1.165) is 43.2 Å². The standard InChI is InChI=1S/C29H30N2O5/c1-35-21-13-12-18(16-22(21)36-2)27(32)26-24-23(25-20-11-7-6-8-17(20)14-15-30(25)26)28(33)31(29(24)34)19-9-4-3-5-10-19/h6-8,11-16,19,23-26H,3-5,9-10H2,1-2H3/t23-,24-,25-,26+/m1/s1. The molecule has 7 heteroatoms. The van der Waals surface area contributed by atoms with E-state index in [0.29, 0.717) is 17.1 Å². The van der Waals surface area contributed by atoms with Gasteiger partial charge in [-0.1, -0.05) is 43.5 Å². The maximum atomic E-state index is 14.1. The van der Waals surface area contributed by atoms with Crippen LogP contribution in [-0.2, 0) is 9.59 Å². The number of hydrogen-bond acceptors (Lipinski definition) is 6. The molecule has 3 fully saturated rings. The summed E-state index contributed by atoms with van der Waals surface area (Å²) in [5.41, 5.74) is 2.44. The van der Waals surface area contributed by atoms with Gasteiger partial charge in [-0.15, -0.1) is 0 Å². The van der Waals surface area contributed by atoms with Crippen molar-refractivity contribution in [1.82, 2.24) is 9.80 Å². The van der Waals surface area contributed by atoms with Crippen molar-refractivity contribution in [2.45, 2.75) is 50.2 Å². The summed E-state index contributed by atoms with van der Waals surface area (Å²) in [7, 11) is 3.07. The maximum Gasteiger partial charge on any atom is 0.236 e. The topological polar surface area (TPSA) is 76.2 Å². The van der Waals surface area contributed by atoms with Crippen LogP contribution in [0.15, 0.2) is 48.7 Å². The van der Waals surface area contributed by atoms with Crippen LogP contribution in [-0.4, -0.2) is 53.7 Å². The van der Waals surface area contributed by atoms with E-state index in [1.165, 1.54) is 12.0 Å². The van der Waals surface area contributed by atoms with E-state index >= 15 is 0 Å². The van der Waals surface area contributed by atoms with Gasteiger partial charge in [-0.2, -0.15) is 0 Å². The average Bonchev–Trinajstić information content (AvgIpc) is 3.40. The van der Waals surface area contributed by atoms with Crippen LogP contribution in [0.4, 0.5) is 0 Å². The molecule has 0 radical (unpaired) electrons. The van der Waals surface area contributed by atoms with Crippen molar-refractivity contribution in [3.8, 4) is 11.5 Å². The number of fused-ring (bicyclic) bond motifs is 5. The number of ketones is 1.